The highest BCUT2D eigenvalue weighted by Gasteiger charge is 2.24. The molecule has 0 atom stereocenters. The van der Waals surface area contributed by atoms with Crippen LogP contribution in [0.15, 0.2) is 29.3 Å². The number of alkyl carbamates (subject to hydrolysis) is 1. The summed E-state index contributed by atoms with van der Waals surface area (Å²) in [4.78, 5) is 16.3. The molecule has 3 N–H and O–H groups in total. The van der Waals surface area contributed by atoms with Gasteiger partial charge in [0.1, 0.15) is 11.4 Å². The fraction of sp³-hybridized carbons (Fsp3) is 0.579. The smallest absolute Gasteiger partial charge is 0.408 e. The maximum absolute atomic E-state index is 13.7. The van der Waals surface area contributed by atoms with Gasteiger partial charge < -0.3 is 20.7 Å². The highest BCUT2D eigenvalue weighted by Crippen LogP contribution is 2.09. The van der Waals surface area contributed by atoms with Crippen molar-refractivity contribution in [2.24, 2.45) is 4.99 Å². The first-order valence-electron chi connectivity index (χ1n) is 8.79. The van der Waals surface area contributed by atoms with Gasteiger partial charge >= 0.3 is 6.09 Å². The zero-order chi connectivity index (χ0) is 19.8. The molecule has 0 fully saturated rings. The van der Waals surface area contributed by atoms with E-state index in [0.29, 0.717) is 24.6 Å². The van der Waals surface area contributed by atoms with E-state index in [2.05, 4.69) is 20.9 Å². The van der Waals surface area contributed by atoms with Crippen LogP contribution in [0.1, 0.15) is 47.1 Å². The van der Waals surface area contributed by atoms with Gasteiger partial charge in [-0.25, -0.2) is 14.2 Å². The molecule has 0 heterocycles. The first-order valence-corrected chi connectivity index (χ1v) is 8.79. The van der Waals surface area contributed by atoms with Crippen LogP contribution in [-0.2, 0) is 11.3 Å². The van der Waals surface area contributed by atoms with E-state index in [0.717, 1.165) is 0 Å². The van der Waals surface area contributed by atoms with Gasteiger partial charge in [-0.2, -0.15) is 0 Å². The Morgan fingerprint density at radius 1 is 1.15 bits per heavy atom. The van der Waals surface area contributed by atoms with Gasteiger partial charge in [0.25, 0.3) is 0 Å². The van der Waals surface area contributed by atoms with E-state index in [9.17, 15) is 9.18 Å². The van der Waals surface area contributed by atoms with E-state index < -0.39 is 17.2 Å². The van der Waals surface area contributed by atoms with Crippen molar-refractivity contribution in [1.29, 1.82) is 0 Å². The van der Waals surface area contributed by atoms with Crippen LogP contribution in [0.4, 0.5) is 9.18 Å². The molecule has 0 bridgehead atoms. The van der Waals surface area contributed by atoms with Crippen LogP contribution in [0, 0.1) is 5.82 Å². The molecule has 6 nitrogen and oxygen atoms in total. The number of hydrogen-bond donors (Lipinski definition) is 3. The van der Waals surface area contributed by atoms with Crippen molar-refractivity contribution in [3.63, 3.8) is 0 Å². The van der Waals surface area contributed by atoms with Crippen molar-refractivity contribution < 1.29 is 13.9 Å². The van der Waals surface area contributed by atoms with Crippen LogP contribution >= 0.6 is 0 Å². The lowest BCUT2D eigenvalue weighted by Crippen LogP contribution is -2.54. The molecule has 1 rings (SSSR count). The van der Waals surface area contributed by atoms with Gasteiger partial charge in [-0.05, 0) is 47.6 Å². The van der Waals surface area contributed by atoms with Gasteiger partial charge in [-0.1, -0.05) is 18.2 Å². The molecule has 0 aliphatic carbocycles. The predicted molar refractivity (Wildman–Crippen MR) is 103 cm³/mol. The molecule has 1 aromatic carbocycles. The zero-order valence-corrected chi connectivity index (χ0v) is 16.6. The van der Waals surface area contributed by atoms with Crippen LogP contribution in [0.25, 0.3) is 0 Å². The predicted octanol–water partition coefficient (Wildman–Crippen LogP) is 3.18. The largest absolute Gasteiger partial charge is 0.444 e. The minimum atomic E-state index is -0.559. The standard InChI is InChI=1S/C19H31FN4O2/c1-7-21-16(22-12-14-10-8-9-11-15(14)20)23-13-19(5,6)24-17(25)26-18(2,3)4/h8-11H,7,12-13H2,1-6H3,(H,24,25)(H2,21,22,23). The van der Waals surface area contributed by atoms with Crippen molar-refractivity contribution in [2.75, 3.05) is 13.1 Å². The van der Waals surface area contributed by atoms with E-state index in [4.69, 9.17) is 4.74 Å². The van der Waals surface area contributed by atoms with Crippen LogP contribution in [0.3, 0.4) is 0 Å². The number of benzene rings is 1. The van der Waals surface area contributed by atoms with Gasteiger partial charge in [-0.3, -0.25) is 0 Å². The number of guanidine groups is 1. The molecular formula is C19H31FN4O2. The Labute approximate surface area is 155 Å². The van der Waals surface area contributed by atoms with E-state index in [-0.39, 0.29) is 12.4 Å². The summed E-state index contributed by atoms with van der Waals surface area (Å²) < 4.78 is 19.0. The number of aliphatic imine (C=N–C) groups is 1. The molecule has 1 amide bonds. The third-order valence-electron chi connectivity index (χ3n) is 3.25. The van der Waals surface area contributed by atoms with Gasteiger partial charge in [0.05, 0.1) is 12.1 Å². The second kappa shape index (κ2) is 9.40. The van der Waals surface area contributed by atoms with Crippen molar-refractivity contribution in [1.82, 2.24) is 16.0 Å². The highest BCUT2D eigenvalue weighted by atomic mass is 19.1. The second-order valence-corrected chi connectivity index (χ2v) is 7.65. The number of rotatable bonds is 6. The average molecular weight is 366 g/mol. The highest BCUT2D eigenvalue weighted by molar-refractivity contribution is 5.80. The van der Waals surface area contributed by atoms with E-state index in [1.807, 2.05) is 41.5 Å². The van der Waals surface area contributed by atoms with Crippen LogP contribution < -0.4 is 16.0 Å². The lowest BCUT2D eigenvalue weighted by atomic mass is 10.1. The lowest BCUT2D eigenvalue weighted by molar-refractivity contribution is 0.0474. The topological polar surface area (TPSA) is 74.8 Å². The maximum Gasteiger partial charge on any atom is 0.408 e. The molecule has 0 unspecified atom stereocenters. The second-order valence-electron chi connectivity index (χ2n) is 7.65. The van der Waals surface area contributed by atoms with Crippen LogP contribution in [-0.4, -0.2) is 36.3 Å². The van der Waals surface area contributed by atoms with Crippen LogP contribution in [0.5, 0.6) is 0 Å². The summed E-state index contributed by atoms with van der Waals surface area (Å²) in [5, 5.41) is 9.10. The molecule has 0 aliphatic heterocycles. The van der Waals surface area contributed by atoms with Crippen molar-refractivity contribution in [2.45, 2.75) is 59.2 Å². The number of ether oxygens (including phenoxy) is 1. The van der Waals surface area contributed by atoms with E-state index in [1.54, 1.807) is 18.2 Å². The summed E-state index contributed by atoms with van der Waals surface area (Å²) in [7, 11) is 0. The maximum atomic E-state index is 13.7. The summed E-state index contributed by atoms with van der Waals surface area (Å²) >= 11 is 0. The number of hydrogen-bond acceptors (Lipinski definition) is 3. The summed E-state index contributed by atoms with van der Waals surface area (Å²) in [5.41, 5.74) is -0.587. The Kier molecular flexibility index (Phi) is 7.86. The molecule has 7 heteroatoms. The Morgan fingerprint density at radius 2 is 1.81 bits per heavy atom. The summed E-state index contributed by atoms with van der Waals surface area (Å²) in [5.74, 6) is 0.272. The molecule has 0 radical (unpaired) electrons. The fourth-order valence-corrected chi connectivity index (χ4v) is 2.06. The number of carbonyl (C=O) groups is 1. The Morgan fingerprint density at radius 3 is 2.38 bits per heavy atom. The van der Waals surface area contributed by atoms with Gasteiger partial charge in [0.2, 0.25) is 0 Å². The normalized spacial score (nSPS) is 12.5. The quantitative estimate of drug-likeness (QED) is 0.534. The third kappa shape index (κ3) is 8.69. The van der Waals surface area contributed by atoms with Crippen LogP contribution in [0.2, 0.25) is 0 Å². The molecule has 0 saturated heterocycles. The van der Waals surface area contributed by atoms with Gasteiger partial charge in [0, 0.05) is 18.7 Å². The molecular weight excluding hydrogens is 335 g/mol. The number of nitrogens with one attached hydrogen (secondary N) is 3. The Balaban J connectivity index is 2.65. The fourth-order valence-electron chi connectivity index (χ4n) is 2.06. The monoisotopic (exact) mass is 366 g/mol. The van der Waals surface area contributed by atoms with Crippen molar-refractivity contribution in [3.05, 3.63) is 35.6 Å². The Bertz CT molecular complexity index is 624. The lowest BCUT2D eigenvalue weighted by Gasteiger charge is -2.29. The third-order valence-corrected chi connectivity index (χ3v) is 3.25. The van der Waals surface area contributed by atoms with Gasteiger partial charge in [0.15, 0.2) is 5.96 Å². The number of carbonyl (C=O) groups excluding carboxylic acids is 1. The average Bonchev–Trinajstić information content (AvgIpc) is 2.49. The molecule has 0 saturated carbocycles. The first-order chi connectivity index (χ1) is 12.0. The number of nitrogens with zero attached hydrogens (tertiary/aromatic N) is 1. The minimum Gasteiger partial charge on any atom is -0.444 e. The van der Waals surface area contributed by atoms with Crippen molar-refractivity contribution in [3.8, 4) is 0 Å². The summed E-state index contributed by atoms with van der Waals surface area (Å²) in [6.07, 6.45) is -0.474. The Hall–Kier alpha value is -2.31. The molecule has 26 heavy (non-hydrogen) atoms. The summed E-state index contributed by atoms with van der Waals surface area (Å²) in [6, 6.07) is 6.55. The SMILES string of the molecule is CCNC(=NCc1ccccc1F)NCC(C)(C)NC(=O)OC(C)(C)C. The molecule has 146 valence electrons. The van der Waals surface area contributed by atoms with Crippen molar-refractivity contribution >= 4 is 12.1 Å². The first kappa shape index (κ1) is 21.7. The molecule has 1 aromatic rings. The molecule has 0 aromatic heterocycles. The minimum absolute atomic E-state index is 0.224. The summed E-state index contributed by atoms with van der Waals surface area (Å²) in [6.45, 7) is 12.5. The molecule has 0 aliphatic rings. The van der Waals surface area contributed by atoms with E-state index >= 15 is 0 Å². The number of amides is 1. The van der Waals surface area contributed by atoms with Gasteiger partial charge in [-0.15, -0.1) is 0 Å². The van der Waals surface area contributed by atoms with E-state index in [1.165, 1.54) is 6.07 Å². The molecule has 0 spiro atoms. The zero-order valence-electron chi connectivity index (χ0n) is 16.6. The number of halogens is 1.